The minimum atomic E-state index is -3.30. The van der Waals surface area contributed by atoms with Gasteiger partial charge in [-0.1, -0.05) is 12.8 Å². The van der Waals surface area contributed by atoms with Crippen molar-refractivity contribution in [2.75, 3.05) is 26.2 Å². The van der Waals surface area contributed by atoms with Crippen molar-refractivity contribution >= 4 is 16.0 Å². The molecule has 2 heterocycles. The molecule has 0 amide bonds. The van der Waals surface area contributed by atoms with Crippen LogP contribution in [-0.4, -0.2) is 49.0 Å². The van der Waals surface area contributed by atoms with Gasteiger partial charge < -0.3 is 5.73 Å². The van der Waals surface area contributed by atoms with Gasteiger partial charge in [-0.3, -0.25) is 5.41 Å². The van der Waals surface area contributed by atoms with Crippen LogP contribution < -0.4 is 5.73 Å². The molecular weight excluding hydrogens is 264 g/mol. The highest BCUT2D eigenvalue weighted by Crippen LogP contribution is 2.23. The van der Waals surface area contributed by atoms with E-state index in [1.54, 1.807) is 8.61 Å². The van der Waals surface area contributed by atoms with Gasteiger partial charge in [0.25, 0.3) is 10.2 Å². The van der Waals surface area contributed by atoms with E-state index in [0.29, 0.717) is 39.0 Å². The van der Waals surface area contributed by atoms with Crippen LogP contribution in [0, 0.1) is 11.3 Å². The first-order valence-electron chi connectivity index (χ1n) is 7.11. The van der Waals surface area contributed by atoms with Crippen LogP contribution in [0.25, 0.3) is 0 Å². The lowest BCUT2D eigenvalue weighted by Crippen LogP contribution is -2.48. The van der Waals surface area contributed by atoms with Crippen LogP contribution in [0.3, 0.4) is 0 Å². The highest BCUT2D eigenvalue weighted by Gasteiger charge is 2.33. The van der Waals surface area contributed by atoms with Gasteiger partial charge >= 0.3 is 0 Å². The Kier molecular flexibility index (Phi) is 4.81. The van der Waals surface area contributed by atoms with E-state index in [9.17, 15) is 8.42 Å². The van der Waals surface area contributed by atoms with Crippen LogP contribution in [0.4, 0.5) is 0 Å². The van der Waals surface area contributed by atoms with Gasteiger partial charge in [-0.25, -0.2) is 0 Å². The number of nitrogens with zero attached hydrogens (tertiary/aromatic N) is 2. The first-order valence-corrected chi connectivity index (χ1v) is 8.50. The highest BCUT2D eigenvalue weighted by molar-refractivity contribution is 7.86. The molecule has 110 valence electrons. The van der Waals surface area contributed by atoms with Gasteiger partial charge in [0.05, 0.1) is 5.84 Å². The average molecular weight is 288 g/mol. The molecule has 3 N–H and O–H groups in total. The monoisotopic (exact) mass is 288 g/mol. The van der Waals surface area contributed by atoms with Crippen molar-refractivity contribution in [2.24, 2.45) is 11.7 Å². The maximum Gasteiger partial charge on any atom is 0.281 e. The first-order chi connectivity index (χ1) is 9.01. The van der Waals surface area contributed by atoms with E-state index in [0.717, 1.165) is 25.7 Å². The van der Waals surface area contributed by atoms with Crippen molar-refractivity contribution in [3.8, 4) is 0 Å². The lowest BCUT2D eigenvalue weighted by molar-refractivity contribution is 0.284. The molecule has 0 aromatic heterocycles. The lowest BCUT2D eigenvalue weighted by atomic mass is 9.97. The predicted molar refractivity (Wildman–Crippen MR) is 75.2 cm³/mol. The van der Waals surface area contributed by atoms with Gasteiger partial charge in [0.2, 0.25) is 0 Å². The Bertz CT molecular complexity index is 407. The topological polar surface area (TPSA) is 90.5 Å². The molecule has 0 radical (unpaired) electrons. The molecule has 0 atom stereocenters. The van der Waals surface area contributed by atoms with E-state index in [4.69, 9.17) is 11.1 Å². The summed E-state index contributed by atoms with van der Waals surface area (Å²) in [6.07, 6.45) is 5.51. The van der Waals surface area contributed by atoms with Crippen LogP contribution in [0.1, 0.15) is 38.5 Å². The summed E-state index contributed by atoms with van der Waals surface area (Å²) in [4.78, 5) is 0. The van der Waals surface area contributed by atoms with Crippen molar-refractivity contribution < 1.29 is 8.42 Å². The fourth-order valence-electron chi connectivity index (χ4n) is 2.83. The molecule has 2 aliphatic rings. The molecule has 2 rings (SSSR count). The molecule has 0 unspecified atom stereocenters. The molecule has 2 aliphatic heterocycles. The smallest absolute Gasteiger partial charge is 0.281 e. The summed E-state index contributed by atoms with van der Waals surface area (Å²) in [5.74, 6) is 0.238. The van der Waals surface area contributed by atoms with E-state index in [1.165, 1.54) is 0 Å². The van der Waals surface area contributed by atoms with Crippen LogP contribution >= 0.6 is 0 Å². The summed E-state index contributed by atoms with van der Waals surface area (Å²) in [5.41, 5.74) is 5.49. The molecule has 0 spiro atoms. The summed E-state index contributed by atoms with van der Waals surface area (Å²) in [7, 11) is -3.30. The van der Waals surface area contributed by atoms with Gasteiger partial charge in [-0.15, -0.1) is 0 Å². The summed E-state index contributed by atoms with van der Waals surface area (Å²) < 4.78 is 28.3. The molecule has 6 nitrogen and oxygen atoms in total. The quantitative estimate of drug-likeness (QED) is 0.593. The molecule has 0 aromatic rings. The third kappa shape index (κ3) is 3.46. The lowest BCUT2D eigenvalue weighted by Gasteiger charge is -2.34. The summed E-state index contributed by atoms with van der Waals surface area (Å²) in [6, 6.07) is 0. The Morgan fingerprint density at radius 3 is 1.89 bits per heavy atom. The zero-order valence-electron chi connectivity index (χ0n) is 11.3. The van der Waals surface area contributed by atoms with Crippen molar-refractivity contribution in [1.29, 1.82) is 5.41 Å². The molecule has 2 fully saturated rings. The average Bonchev–Trinajstić information content (AvgIpc) is 2.68. The largest absolute Gasteiger partial charge is 0.387 e. The van der Waals surface area contributed by atoms with Gasteiger partial charge in [-0.2, -0.15) is 17.0 Å². The Hall–Kier alpha value is -0.660. The number of hydrogen-bond acceptors (Lipinski definition) is 3. The molecule has 2 saturated heterocycles. The van der Waals surface area contributed by atoms with E-state index in [-0.39, 0.29) is 11.8 Å². The molecule has 0 aliphatic carbocycles. The molecule has 0 aromatic carbocycles. The second-order valence-electron chi connectivity index (χ2n) is 5.45. The fraction of sp³-hybridized carbons (Fsp3) is 0.917. The molecule has 7 heteroatoms. The normalized spacial score (nSPS) is 25.1. The number of piperidine rings is 1. The maximum absolute atomic E-state index is 12.5. The number of amidine groups is 1. The summed E-state index contributed by atoms with van der Waals surface area (Å²) in [5, 5.41) is 7.43. The molecule has 19 heavy (non-hydrogen) atoms. The van der Waals surface area contributed by atoms with Crippen LogP contribution in [0.5, 0.6) is 0 Å². The minimum absolute atomic E-state index is 0.0515. The Morgan fingerprint density at radius 2 is 1.42 bits per heavy atom. The second kappa shape index (κ2) is 6.19. The van der Waals surface area contributed by atoms with Gasteiger partial charge in [0.15, 0.2) is 0 Å². The first kappa shape index (κ1) is 14.7. The maximum atomic E-state index is 12.5. The Balaban J connectivity index is 1.98. The van der Waals surface area contributed by atoms with E-state index >= 15 is 0 Å². The molecule has 0 saturated carbocycles. The minimum Gasteiger partial charge on any atom is -0.387 e. The predicted octanol–water partition coefficient (Wildman–Crippen LogP) is 0.755. The molecular formula is C12H24N4O2S. The van der Waals surface area contributed by atoms with Crippen molar-refractivity contribution in [1.82, 2.24) is 8.61 Å². The van der Waals surface area contributed by atoms with Gasteiger partial charge in [0, 0.05) is 32.1 Å². The molecule has 0 bridgehead atoms. The Labute approximate surface area is 115 Å². The van der Waals surface area contributed by atoms with Gasteiger partial charge in [-0.05, 0) is 25.7 Å². The number of hydrogen-bond donors (Lipinski definition) is 2. The van der Waals surface area contributed by atoms with E-state index in [2.05, 4.69) is 0 Å². The van der Waals surface area contributed by atoms with Crippen LogP contribution in [-0.2, 0) is 10.2 Å². The zero-order chi connectivity index (χ0) is 13.9. The SMILES string of the molecule is N=C(N)C1CCN(S(=O)(=O)N2CCCCCC2)CC1. The highest BCUT2D eigenvalue weighted by atomic mass is 32.2. The van der Waals surface area contributed by atoms with Crippen LogP contribution in [0.15, 0.2) is 0 Å². The zero-order valence-corrected chi connectivity index (χ0v) is 12.2. The van der Waals surface area contributed by atoms with Crippen LogP contribution in [0.2, 0.25) is 0 Å². The summed E-state index contributed by atoms with van der Waals surface area (Å²) in [6.45, 7) is 2.27. The van der Waals surface area contributed by atoms with Crippen molar-refractivity contribution in [3.05, 3.63) is 0 Å². The van der Waals surface area contributed by atoms with Crippen molar-refractivity contribution in [3.63, 3.8) is 0 Å². The van der Waals surface area contributed by atoms with Gasteiger partial charge in [0.1, 0.15) is 0 Å². The Morgan fingerprint density at radius 1 is 0.947 bits per heavy atom. The standard InChI is InChI=1S/C12H24N4O2S/c13-12(14)11-5-9-16(10-6-11)19(17,18)15-7-3-1-2-4-8-15/h11H,1-10H2,(H3,13,14). The van der Waals surface area contributed by atoms with E-state index < -0.39 is 10.2 Å². The number of nitrogens with one attached hydrogen (secondary N) is 1. The third-order valence-corrected chi connectivity index (χ3v) is 6.15. The third-order valence-electron chi connectivity index (χ3n) is 4.11. The second-order valence-corrected chi connectivity index (χ2v) is 7.38. The number of nitrogens with two attached hydrogens (primary N) is 1. The fourth-order valence-corrected chi connectivity index (χ4v) is 4.55. The number of rotatable bonds is 3. The summed E-state index contributed by atoms with van der Waals surface area (Å²) >= 11 is 0. The van der Waals surface area contributed by atoms with Crippen molar-refractivity contribution in [2.45, 2.75) is 38.5 Å². The van der Waals surface area contributed by atoms with E-state index in [1.807, 2.05) is 0 Å².